The van der Waals surface area contributed by atoms with Crippen LogP contribution in [0.3, 0.4) is 0 Å². The summed E-state index contributed by atoms with van der Waals surface area (Å²) in [6.45, 7) is 7.58. The molecule has 0 heterocycles. The normalized spacial score (nSPS) is 11.0. The first kappa shape index (κ1) is 19.1. The molecular weight excluding hydrogens is 330 g/mol. The molecule has 0 aliphatic rings. The van der Waals surface area contributed by atoms with Crippen LogP contribution in [0, 0.1) is 20.8 Å². The number of anilines is 1. The number of nitrogens with one attached hydrogen (secondary N) is 3. The lowest BCUT2D eigenvalue weighted by Crippen LogP contribution is -2.36. The van der Waals surface area contributed by atoms with Gasteiger partial charge in [-0.3, -0.25) is 15.0 Å². The smallest absolute Gasteiger partial charge is 0.269 e. The van der Waals surface area contributed by atoms with E-state index >= 15 is 0 Å². The Morgan fingerprint density at radius 1 is 0.962 bits per heavy atom. The fourth-order valence-electron chi connectivity index (χ4n) is 2.61. The number of hydrazine groups is 1. The highest BCUT2D eigenvalue weighted by Crippen LogP contribution is 2.21. The number of aromatic hydroxyl groups is 1. The van der Waals surface area contributed by atoms with Crippen LogP contribution in [0.15, 0.2) is 48.2 Å². The van der Waals surface area contributed by atoms with Crippen LogP contribution in [0.2, 0.25) is 0 Å². The van der Waals surface area contributed by atoms with E-state index in [0.29, 0.717) is 11.3 Å². The van der Waals surface area contributed by atoms with Crippen molar-refractivity contribution >= 4 is 17.5 Å². The second-order valence-corrected chi connectivity index (χ2v) is 6.22. The molecule has 0 saturated heterocycles. The maximum atomic E-state index is 12.2. The van der Waals surface area contributed by atoms with E-state index < -0.39 is 0 Å². The van der Waals surface area contributed by atoms with Gasteiger partial charge in [-0.25, -0.2) is 0 Å². The van der Waals surface area contributed by atoms with E-state index in [1.807, 2.05) is 32.9 Å². The van der Waals surface area contributed by atoms with Gasteiger partial charge in [0.2, 0.25) is 5.91 Å². The van der Waals surface area contributed by atoms with E-state index in [4.69, 9.17) is 0 Å². The van der Waals surface area contributed by atoms with Gasteiger partial charge in [0, 0.05) is 23.0 Å². The van der Waals surface area contributed by atoms with E-state index in [1.54, 1.807) is 6.92 Å². The highest BCUT2D eigenvalue weighted by molar-refractivity contribution is 6.00. The predicted octanol–water partition coefficient (Wildman–Crippen LogP) is 3.09. The molecular formula is C20H23N3O3. The number of amides is 2. The Hall–Kier alpha value is -3.28. The molecule has 0 aliphatic carbocycles. The van der Waals surface area contributed by atoms with Gasteiger partial charge in [0.1, 0.15) is 5.75 Å². The van der Waals surface area contributed by atoms with Crippen LogP contribution in [-0.2, 0) is 4.79 Å². The molecule has 2 aromatic rings. The third kappa shape index (κ3) is 5.11. The minimum absolute atomic E-state index is 0.0870. The van der Waals surface area contributed by atoms with Gasteiger partial charge in [-0.05, 0) is 63.1 Å². The number of hydrogen-bond acceptors (Lipinski definition) is 4. The lowest BCUT2D eigenvalue weighted by atomic mass is 10.1. The van der Waals surface area contributed by atoms with Crippen LogP contribution in [0.1, 0.15) is 34.0 Å². The SMILES string of the molecule is CC(=CC(=O)Nc1c(C)cc(C)cc1C)NNC(=O)c1ccc(O)cc1. The zero-order chi connectivity index (χ0) is 19.3. The Morgan fingerprint density at radius 3 is 2.12 bits per heavy atom. The number of aryl methyl sites for hydroxylation is 3. The van der Waals surface area contributed by atoms with Gasteiger partial charge < -0.3 is 15.8 Å². The molecule has 136 valence electrons. The predicted molar refractivity (Wildman–Crippen MR) is 102 cm³/mol. The van der Waals surface area contributed by atoms with Crippen molar-refractivity contribution in [1.29, 1.82) is 0 Å². The lowest BCUT2D eigenvalue weighted by molar-refractivity contribution is -0.112. The highest BCUT2D eigenvalue weighted by Gasteiger charge is 2.08. The molecule has 4 N–H and O–H groups in total. The van der Waals surface area contributed by atoms with Crippen molar-refractivity contribution in [2.24, 2.45) is 0 Å². The van der Waals surface area contributed by atoms with E-state index in [1.165, 1.54) is 30.3 Å². The average molecular weight is 353 g/mol. The molecule has 2 aromatic carbocycles. The quantitative estimate of drug-likeness (QED) is 0.491. The molecule has 0 unspecified atom stereocenters. The number of rotatable bonds is 5. The molecule has 26 heavy (non-hydrogen) atoms. The van der Waals surface area contributed by atoms with Gasteiger partial charge in [0.05, 0.1) is 0 Å². The van der Waals surface area contributed by atoms with Crippen LogP contribution < -0.4 is 16.2 Å². The topological polar surface area (TPSA) is 90.5 Å². The number of phenols is 1. The number of benzene rings is 2. The third-order valence-corrected chi connectivity index (χ3v) is 3.78. The standard InChI is InChI=1S/C20H23N3O3/c1-12-9-13(2)19(14(3)10-12)21-18(25)11-15(4)22-23-20(26)16-5-7-17(24)8-6-16/h5-11,22,24H,1-4H3,(H,21,25)(H,23,26). The fourth-order valence-corrected chi connectivity index (χ4v) is 2.61. The van der Waals surface area contributed by atoms with Crippen molar-refractivity contribution in [2.75, 3.05) is 5.32 Å². The van der Waals surface area contributed by atoms with Gasteiger partial charge in [-0.2, -0.15) is 0 Å². The molecule has 0 radical (unpaired) electrons. The summed E-state index contributed by atoms with van der Waals surface area (Å²) in [5.74, 6) is -0.573. The summed E-state index contributed by atoms with van der Waals surface area (Å²) in [7, 11) is 0. The molecule has 0 aromatic heterocycles. The number of carbonyl (C=O) groups excluding carboxylic acids is 2. The van der Waals surface area contributed by atoms with Crippen molar-refractivity contribution in [3.8, 4) is 5.75 Å². The maximum Gasteiger partial charge on any atom is 0.269 e. The molecule has 6 heteroatoms. The first-order valence-electron chi connectivity index (χ1n) is 8.19. The Labute approximate surface area is 152 Å². The largest absolute Gasteiger partial charge is 0.508 e. The van der Waals surface area contributed by atoms with Crippen molar-refractivity contribution in [3.05, 3.63) is 70.4 Å². The van der Waals surface area contributed by atoms with E-state index in [2.05, 4.69) is 16.2 Å². The number of carbonyl (C=O) groups is 2. The van der Waals surface area contributed by atoms with Crippen LogP contribution in [0.4, 0.5) is 5.69 Å². The van der Waals surface area contributed by atoms with Crippen molar-refractivity contribution < 1.29 is 14.7 Å². The van der Waals surface area contributed by atoms with Crippen LogP contribution in [-0.4, -0.2) is 16.9 Å². The number of phenolic OH excluding ortho intramolecular Hbond substituents is 1. The Morgan fingerprint density at radius 2 is 1.54 bits per heavy atom. The van der Waals surface area contributed by atoms with Gasteiger partial charge in [-0.15, -0.1) is 0 Å². The number of allylic oxidation sites excluding steroid dienone is 1. The van der Waals surface area contributed by atoms with Crippen LogP contribution in [0.25, 0.3) is 0 Å². The maximum absolute atomic E-state index is 12.2. The van der Waals surface area contributed by atoms with E-state index in [0.717, 1.165) is 22.4 Å². The molecule has 0 bridgehead atoms. The summed E-state index contributed by atoms with van der Waals surface area (Å²) >= 11 is 0. The van der Waals surface area contributed by atoms with Gasteiger partial charge >= 0.3 is 0 Å². The summed E-state index contributed by atoms with van der Waals surface area (Å²) in [4.78, 5) is 24.2. The van der Waals surface area contributed by atoms with Gasteiger partial charge in [0.25, 0.3) is 5.91 Å². The Balaban J connectivity index is 1.95. The summed E-state index contributed by atoms with van der Waals surface area (Å²) in [5.41, 5.74) is 9.98. The molecule has 0 saturated carbocycles. The third-order valence-electron chi connectivity index (χ3n) is 3.78. The van der Waals surface area contributed by atoms with Crippen molar-refractivity contribution in [2.45, 2.75) is 27.7 Å². The molecule has 0 atom stereocenters. The van der Waals surface area contributed by atoms with Gasteiger partial charge in [0.15, 0.2) is 0 Å². The molecule has 6 nitrogen and oxygen atoms in total. The van der Waals surface area contributed by atoms with Crippen LogP contribution >= 0.6 is 0 Å². The molecule has 0 aliphatic heterocycles. The molecule has 2 rings (SSSR count). The first-order chi connectivity index (χ1) is 12.3. The molecule has 2 amide bonds. The second kappa shape index (κ2) is 8.20. The highest BCUT2D eigenvalue weighted by atomic mass is 16.3. The summed E-state index contributed by atoms with van der Waals surface area (Å²) < 4.78 is 0. The Kier molecular flexibility index (Phi) is 6.01. The fraction of sp³-hybridized carbons (Fsp3) is 0.200. The summed E-state index contributed by atoms with van der Waals surface area (Å²) in [6, 6.07) is 9.88. The van der Waals surface area contributed by atoms with Crippen LogP contribution in [0.5, 0.6) is 5.75 Å². The zero-order valence-electron chi connectivity index (χ0n) is 15.3. The minimum Gasteiger partial charge on any atom is -0.508 e. The summed E-state index contributed by atoms with van der Waals surface area (Å²) in [6.07, 6.45) is 1.37. The van der Waals surface area contributed by atoms with E-state index in [-0.39, 0.29) is 17.6 Å². The monoisotopic (exact) mass is 353 g/mol. The molecule has 0 spiro atoms. The number of hydrogen-bond donors (Lipinski definition) is 4. The average Bonchev–Trinajstić information content (AvgIpc) is 2.56. The summed E-state index contributed by atoms with van der Waals surface area (Å²) in [5, 5.41) is 12.1. The lowest BCUT2D eigenvalue weighted by Gasteiger charge is -2.12. The Bertz CT molecular complexity index is 832. The molecule has 0 fully saturated rings. The van der Waals surface area contributed by atoms with E-state index in [9.17, 15) is 14.7 Å². The minimum atomic E-state index is -0.372. The zero-order valence-corrected chi connectivity index (χ0v) is 15.3. The van der Waals surface area contributed by atoms with Crippen molar-refractivity contribution in [3.63, 3.8) is 0 Å². The van der Waals surface area contributed by atoms with Gasteiger partial charge in [-0.1, -0.05) is 17.7 Å². The van der Waals surface area contributed by atoms with Crippen molar-refractivity contribution in [1.82, 2.24) is 10.9 Å². The second-order valence-electron chi connectivity index (χ2n) is 6.22. The first-order valence-corrected chi connectivity index (χ1v) is 8.19.